The average molecular weight is 262 g/mol. The van der Waals surface area contributed by atoms with E-state index in [2.05, 4.69) is 45.0 Å². The van der Waals surface area contributed by atoms with Gasteiger partial charge in [-0.05, 0) is 18.4 Å². The summed E-state index contributed by atoms with van der Waals surface area (Å²) in [6.45, 7) is 8.25. The largest absolute Gasteiger partial charge is 0.348 e. The van der Waals surface area contributed by atoms with Gasteiger partial charge in [-0.2, -0.15) is 0 Å². The van der Waals surface area contributed by atoms with Crippen LogP contribution >= 0.6 is 0 Å². The molecule has 2 rings (SSSR count). The molecule has 2 nitrogen and oxygen atoms in total. The molecule has 1 aliphatic rings. The van der Waals surface area contributed by atoms with Gasteiger partial charge in [-0.3, -0.25) is 0 Å². The van der Waals surface area contributed by atoms with E-state index in [-0.39, 0.29) is 11.7 Å². The van der Waals surface area contributed by atoms with Gasteiger partial charge in [0.2, 0.25) is 0 Å². The Bertz CT molecular complexity index is 375. The van der Waals surface area contributed by atoms with Gasteiger partial charge >= 0.3 is 0 Å². The Morgan fingerprint density at radius 3 is 2.21 bits per heavy atom. The zero-order valence-electron chi connectivity index (χ0n) is 12.4. The Hall–Kier alpha value is -0.860. The Kier molecular flexibility index (Phi) is 5.00. The summed E-state index contributed by atoms with van der Waals surface area (Å²) in [5, 5.41) is 0. The summed E-state index contributed by atoms with van der Waals surface area (Å²) < 4.78 is 11.8. The summed E-state index contributed by atoms with van der Waals surface area (Å²) in [6, 6.07) is 8.65. The molecule has 0 aromatic heterocycles. The van der Waals surface area contributed by atoms with E-state index in [1.54, 1.807) is 0 Å². The highest BCUT2D eigenvalue weighted by Gasteiger charge is 2.32. The molecule has 0 spiro atoms. The maximum atomic E-state index is 5.91. The van der Waals surface area contributed by atoms with Crippen LogP contribution in [0.1, 0.15) is 57.5 Å². The molecule has 106 valence electrons. The van der Waals surface area contributed by atoms with Crippen molar-refractivity contribution in [3.05, 3.63) is 35.4 Å². The predicted octanol–water partition coefficient (Wildman–Crippen LogP) is 4.49. The SMILES string of the molecule is CCCc1ccc(C2OCC(C)(CCC)CO2)cc1. The molecule has 0 aliphatic carbocycles. The Morgan fingerprint density at radius 2 is 1.68 bits per heavy atom. The van der Waals surface area contributed by atoms with Gasteiger partial charge in [-0.1, -0.05) is 57.9 Å². The molecule has 1 fully saturated rings. The zero-order valence-corrected chi connectivity index (χ0v) is 12.4. The number of hydrogen-bond acceptors (Lipinski definition) is 2. The minimum atomic E-state index is -0.180. The van der Waals surface area contributed by atoms with Crippen molar-refractivity contribution in [3.8, 4) is 0 Å². The standard InChI is InChI=1S/C17H26O2/c1-4-6-14-7-9-15(10-8-14)16-18-12-17(3,11-5-2)13-19-16/h7-10,16H,4-6,11-13H2,1-3H3. The molecule has 19 heavy (non-hydrogen) atoms. The highest BCUT2D eigenvalue weighted by Crippen LogP contribution is 2.34. The van der Waals surface area contributed by atoms with Crippen molar-refractivity contribution in [1.82, 2.24) is 0 Å². The van der Waals surface area contributed by atoms with Crippen LogP contribution in [0.5, 0.6) is 0 Å². The van der Waals surface area contributed by atoms with Gasteiger partial charge in [-0.25, -0.2) is 0 Å². The van der Waals surface area contributed by atoms with E-state index in [0.717, 1.165) is 31.6 Å². The number of benzene rings is 1. The second-order valence-electron chi connectivity index (χ2n) is 6.01. The first-order valence-corrected chi connectivity index (χ1v) is 7.49. The van der Waals surface area contributed by atoms with Crippen LogP contribution in [0.4, 0.5) is 0 Å². The number of aryl methyl sites for hydroxylation is 1. The van der Waals surface area contributed by atoms with Crippen molar-refractivity contribution >= 4 is 0 Å². The van der Waals surface area contributed by atoms with E-state index in [1.165, 1.54) is 18.4 Å². The fraction of sp³-hybridized carbons (Fsp3) is 0.647. The van der Waals surface area contributed by atoms with Crippen LogP contribution < -0.4 is 0 Å². The summed E-state index contributed by atoms with van der Waals surface area (Å²) in [6.07, 6.45) is 4.49. The predicted molar refractivity (Wildman–Crippen MR) is 78.1 cm³/mol. The molecule has 2 heteroatoms. The topological polar surface area (TPSA) is 18.5 Å². The van der Waals surface area contributed by atoms with E-state index < -0.39 is 0 Å². The van der Waals surface area contributed by atoms with E-state index in [0.29, 0.717) is 0 Å². The lowest BCUT2D eigenvalue weighted by atomic mass is 9.87. The Morgan fingerprint density at radius 1 is 1.05 bits per heavy atom. The maximum Gasteiger partial charge on any atom is 0.183 e. The smallest absolute Gasteiger partial charge is 0.183 e. The molecule has 1 aromatic carbocycles. The first-order valence-electron chi connectivity index (χ1n) is 7.49. The van der Waals surface area contributed by atoms with Crippen LogP contribution in [0.25, 0.3) is 0 Å². The van der Waals surface area contributed by atoms with E-state index in [4.69, 9.17) is 9.47 Å². The summed E-state index contributed by atoms with van der Waals surface area (Å²) >= 11 is 0. The maximum absolute atomic E-state index is 5.91. The van der Waals surface area contributed by atoms with E-state index in [9.17, 15) is 0 Å². The molecular weight excluding hydrogens is 236 g/mol. The lowest BCUT2D eigenvalue weighted by Gasteiger charge is -2.37. The van der Waals surface area contributed by atoms with Crippen molar-refractivity contribution in [2.24, 2.45) is 5.41 Å². The molecule has 0 saturated carbocycles. The van der Waals surface area contributed by atoms with Gasteiger partial charge in [0.1, 0.15) is 0 Å². The summed E-state index contributed by atoms with van der Waals surface area (Å²) in [4.78, 5) is 0. The lowest BCUT2D eigenvalue weighted by molar-refractivity contribution is -0.231. The van der Waals surface area contributed by atoms with Gasteiger partial charge in [0.05, 0.1) is 13.2 Å². The first kappa shape index (κ1) is 14.5. The van der Waals surface area contributed by atoms with Crippen molar-refractivity contribution in [2.75, 3.05) is 13.2 Å². The second-order valence-corrected chi connectivity index (χ2v) is 6.01. The van der Waals surface area contributed by atoms with Crippen molar-refractivity contribution in [3.63, 3.8) is 0 Å². The molecule has 0 radical (unpaired) electrons. The van der Waals surface area contributed by atoms with Crippen LogP contribution in [0.2, 0.25) is 0 Å². The van der Waals surface area contributed by atoms with Gasteiger partial charge in [0, 0.05) is 11.0 Å². The number of rotatable bonds is 5. The highest BCUT2D eigenvalue weighted by molar-refractivity contribution is 5.23. The first-order chi connectivity index (χ1) is 9.17. The Balaban J connectivity index is 1.93. The lowest BCUT2D eigenvalue weighted by Crippen LogP contribution is -2.36. The average Bonchev–Trinajstić information content (AvgIpc) is 2.41. The Labute approximate surface area is 117 Å². The van der Waals surface area contributed by atoms with Crippen molar-refractivity contribution in [1.29, 1.82) is 0 Å². The van der Waals surface area contributed by atoms with Gasteiger partial charge < -0.3 is 9.47 Å². The number of hydrogen-bond donors (Lipinski definition) is 0. The van der Waals surface area contributed by atoms with Crippen LogP contribution in [0, 0.1) is 5.41 Å². The highest BCUT2D eigenvalue weighted by atomic mass is 16.7. The molecule has 0 atom stereocenters. The van der Waals surface area contributed by atoms with E-state index in [1.807, 2.05) is 0 Å². The minimum Gasteiger partial charge on any atom is -0.348 e. The molecule has 1 heterocycles. The monoisotopic (exact) mass is 262 g/mol. The van der Waals surface area contributed by atoms with Gasteiger partial charge in [0.25, 0.3) is 0 Å². The minimum absolute atomic E-state index is 0.180. The quantitative estimate of drug-likeness (QED) is 0.778. The third kappa shape index (κ3) is 3.80. The number of ether oxygens (including phenoxy) is 2. The van der Waals surface area contributed by atoms with Crippen LogP contribution in [0.3, 0.4) is 0 Å². The van der Waals surface area contributed by atoms with Crippen LogP contribution in [0.15, 0.2) is 24.3 Å². The van der Waals surface area contributed by atoms with Crippen LogP contribution in [-0.4, -0.2) is 13.2 Å². The van der Waals surface area contributed by atoms with Crippen molar-refractivity contribution < 1.29 is 9.47 Å². The third-order valence-electron chi connectivity index (χ3n) is 3.81. The molecule has 0 amide bonds. The van der Waals surface area contributed by atoms with Crippen LogP contribution in [-0.2, 0) is 15.9 Å². The molecule has 1 aliphatic heterocycles. The molecule has 1 saturated heterocycles. The molecule has 0 N–H and O–H groups in total. The fourth-order valence-electron chi connectivity index (χ4n) is 2.71. The summed E-state index contributed by atoms with van der Waals surface area (Å²) in [7, 11) is 0. The molecule has 0 unspecified atom stereocenters. The van der Waals surface area contributed by atoms with Gasteiger partial charge in [-0.15, -0.1) is 0 Å². The zero-order chi connectivity index (χ0) is 13.7. The third-order valence-corrected chi connectivity index (χ3v) is 3.81. The molecule has 1 aromatic rings. The van der Waals surface area contributed by atoms with Crippen molar-refractivity contribution in [2.45, 2.75) is 52.7 Å². The molecule has 0 bridgehead atoms. The van der Waals surface area contributed by atoms with E-state index >= 15 is 0 Å². The van der Waals surface area contributed by atoms with Gasteiger partial charge in [0.15, 0.2) is 6.29 Å². The molecular formula is C17H26O2. The summed E-state index contributed by atoms with van der Waals surface area (Å²) in [5.41, 5.74) is 2.71. The normalized spacial score (nSPS) is 27.4. The second kappa shape index (κ2) is 6.53. The summed E-state index contributed by atoms with van der Waals surface area (Å²) in [5.74, 6) is 0. The fourth-order valence-corrected chi connectivity index (χ4v) is 2.71.